The number of pyridine rings is 1. The van der Waals surface area contributed by atoms with Crippen LogP contribution in [-0.4, -0.2) is 21.7 Å². The molecule has 1 amide bonds. The largest absolute Gasteiger partial charge is 0.392 e. The zero-order valence-corrected chi connectivity index (χ0v) is 14.2. The number of carbonyl (C=O) groups excluding carboxylic acids is 1. The summed E-state index contributed by atoms with van der Waals surface area (Å²) < 4.78 is 1.34. The van der Waals surface area contributed by atoms with Crippen LogP contribution < -0.4 is 10.9 Å². The van der Waals surface area contributed by atoms with E-state index in [-0.39, 0.29) is 18.0 Å². The molecule has 0 saturated carbocycles. The maximum Gasteiger partial charge on any atom is 0.257 e. The normalized spacial score (nSPS) is 12.0. The summed E-state index contributed by atoms with van der Waals surface area (Å²) in [6.07, 6.45) is 4.16. The Morgan fingerprint density at radius 1 is 1.21 bits per heavy atom. The molecule has 24 heavy (non-hydrogen) atoms. The van der Waals surface area contributed by atoms with Gasteiger partial charge in [-0.1, -0.05) is 25.5 Å². The van der Waals surface area contributed by atoms with Gasteiger partial charge in [0.25, 0.3) is 11.5 Å². The maximum absolute atomic E-state index is 12.3. The quantitative estimate of drug-likeness (QED) is 0.821. The lowest BCUT2D eigenvalue weighted by Gasteiger charge is -2.10. The van der Waals surface area contributed by atoms with Crippen molar-refractivity contribution in [2.45, 2.75) is 45.8 Å². The Hall–Kier alpha value is -2.40. The minimum atomic E-state index is -0.656. The van der Waals surface area contributed by atoms with Crippen molar-refractivity contribution in [1.29, 1.82) is 0 Å². The zero-order valence-electron chi connectivity index (χ0n) is 14.2. The predicted molar refractivity (Wildman–Crippen MR) is 95.4 cm³/mol. The standard InChI is InChI=1S/C19H24N2O3/c1-3-4-5-15-6-9-17(10-7-15)20-19(24)16-8-11-18(23)21(13-16)12-14(2)22/h6-11,13-14,22H,3-5,12H2,1-2H3,(H,20,24). The van der Waals surface area contributed by atoms with Crippen LogP contribution in [-0.2, 0) is 13.0 Å². The number of anilines is 1. The van der Waals surface area contributed by atoms with Gasteiger partial charge in [-0.2, -0.15) is 0 Å². The fraction of sp³-hybridized carbons (Fsp3) is 0.368. The number of nitrogens with one attached hydrogen (secondary N) is 1. The first-order chi connectivity index (χ1) is 11.5. The van der Waals surface area contributed by atoms with Crippen LogP contribution in [0.5, 0.6) is 0 Å². The molecule has 1 heterocycles. The molecule has 0 radical (unpaired) electrons. The number of rotatable bonds is 7. The Balaban J connectivity index is 2.08. The highest BCUT2D eigenvalue weighted by atomic mass is 16.3. The minimum Gasteiger partial charge on any atom is -0.392 e. The van der Waals surface area contributed by atoms with Crippen molar-refractivity contribution >= 4 is 11.6 Å². The molecule has 0 bridgehead atoms. The van der Waals surface area contributed by atoms with Crippen molar-refractivity contribution in [3.8, 4) is 0 Å². The Morgan fingerprint density at radius 3 is 2.54 bits per heavy atom. The van der Waals surface area contributed by atoms with Crippen molar-refractivity contribution < 1.29 is 9.90 Å². The van der Waals surface area contributed by atoms with E-state index in [9.17, 15) is 14.7 Å². The number of benzene rings is 1. The Morgan fingerprint density at radius 2 is 1.92 bits per heavy atom. The van der Waals surface area contributed by atoms with Gasteiger partial charge in [-0.15, -0.1) is 0 Å². The molecule has 0 aliphatic carbocycles. The van der Waals surface area contributed by atoms with Crippen molar-refractivity contribution in [3.63, 3.8) is 0 Å². The van der Waals surface area contributed by atoms with E-state index in [0.29, 0.717) is 11.3 Å². The Bertz CT molecular complexity index is 733. The molecule has 0 aliphatic heterocycles. The highest BCUT2D eigenvalue weighted by Gasteiger charge is 2.09. The number of aryl methyl sites for hydroxylation is 1. The highest BCUT2D eigenvalue weighted by molar-refractivity contribution is 6.04. The molecule has 2 aromatic rings. The smallest absolute Gasteiger partial charge is 0.257 e. The van der Waals surface area contributed by atoms with Crippen molar-refractivity contribution in [2.75, 3.05) is 5.32 Å². The first-order valence-corrected chi connectivity index (χ1v) is 8.28. The fourth-order valence-electron chi connectivity index (χ4n) is 2.43. The average Bonchev–Trinajstić information content (AvgIpc) is 2.55. The van der Waals surface area contributed by atoms with Crippen LogP contribution in [0, 0.1) is 0 Å². The molecule has 0 aliphatic rings. The van der Waals surface area contributed by atoms with Gasteiger partial charge >= 0.3 is 0 Å². The van der Waals surface area contributed by atoms with Gasteiger partial charge in [0, 0.05) is 18.0 Å². The molecule has 5 heteroatoms. The first-order valence-electron chi connectivity index (χ1n) is 8.28. The van der Waals surface area contributed by atoms with E-state index in [1.165, 1.54) is 28.5 Å². The third-order valence-electron chi connectivity index (χ3n) is 3.74. The molecular weight excluding hydrogens is 304 g/mol. The Labute approximate surface area is 142 Å². The highest BCUT2D eigenvalue weighted by Crippen LogP contribution is 2.13. The van der Waals surface area contributed by atoms with Crippen LogP contribution in [0.1, 0.15) is 42.6 Å². The second-order valence-corrected chi connectivity index (χ2v) is 6.01. The third-order valence-corrected chi connectivity index (χ3v) is 3.74. The summed E-state index contributed by atoms with van der Waals surface area (Å²) in [6.45, 7) is 3.91. The molecule has 1 aromatic heterocycles. The number of unbranched alkanes of at least 4 members (excludes halogenated alkanes) is 1. The molecular formula is C19H24N2O3. The van der Waals surface area contributed by atoms with E-state index in [0.717, 1.165) is 19.3 Å². The number of aliphatic hydroxyl groups is 1. The van der Waals surface area contributed by atoms with E-state index >= 15 is 0 Å². The molecule has 128 valence electrons. The summed E-state index contributed by atoms with van der Waals surface area (Å²) in [5, 5.41) is 12.2. The summed E-state index contributed by atoms with van der Waals surface area (Å²) >= 11 is 0. The number of nitrogens with zero attached hydrogens (tertiary/aromatic N) is 1. The molecule has 1 unspecified atom stereocenters. The van der Waals surface area contributed by atoms with E-state index in [1.807, 2.05) is 24.3 Å². The van der Waals surface area contributed by atoms with Gasteiger partial charge in [0.15, 0.2) is 0 Å². The summed E-state index contributed by atoms with van der Waals surface area (Å²) in [4.78, 5) is 24.1. The van der Waals surface area contributed by atoms with Crippen LogP contribution in [0.2, 0.25) is 0 Å². The second kappa shape index (κ2) is 8.45. The first kappa shape index (κ1) is 17.9. The Kier molecular flexibility index (Phi) is 6.32. The molecule has 2 N–H and O–H groups in total. The monoisotopic (exact) mass is 328 g/mol. The number of hydrogen-bond donors (Lipinski definition) is 2. The number of hydrogen-bond acceptors (Lipinski definition) is 3. The molecule has 0 spiro atoms. The van der Waals surface area contributed by atoms with E-state index in [1.54, 1.807) is 6.92 Å². The van der Waals surface area contributed by atoms with Gasteiger partial charge in [0.1, 0.15) is 0 Å². The van der Waals surface area contributed by atoms with Crippen LogP contribution in [0.25, 0.3) is 0 Å². The van der Waals surface area contributed by atoms with Gasteiger partial charge in [-0.3, -0.25) is 9.59 Å². The lowest BCUT2D eigenvalue weighted by Crippen LogP contribution is -2.26. The van der Waals surface area contributed by atoms with E-state index < -0.39 is 6.10 Å². The summed E-state index contributed by atoms with van der Waals surface area (Å²) in [5.74, 6) is -0.282. The van der Waals surface area contributed by atoms with Gasteiger partial charge in [0.2, 0.25) is 0 Å². The summed E-state index contributed by atoms with van der Waals surface area (Å²) in [6, 6.07) is 10.6. The number of amides is 1. The van der Waals surface area contributed by atoms with Crippen LogP contribution in [0.15, 0.2) is 47.4 Å². The number of aliphatic hydroxyl groups excluding tert-OH is 1. The molecule has 5 nitrogen and oxygen atoms in total. The fourth-order valence-corrected chi connectivity index (χ4v) is 2.43. The maximum atomic E-state index is 12.3. The van der Waals surface area contributed by atoms with Crippen LogP contribution in [0.4, 0.5) is 5.69 Å². The van der Waals surface area contributed by atoms with Gasteiger partial charge < -0.3 is 15.0 Å². The molecule has 1 atom stereocenters. The molecule has 0 fully saturated rings. The number of aromatic nitrogens is 1. The van der Waals surface area contributed by atoms with Crippen LogP contribution >= 0.6 is 0 Å². The lowest BCUT2D eigenvalue weighted by atomic mass is 10.1. The molecule has 0 saturated heterocycles. The minimum absolute atomic E-state index is 0.159. The molecule has 2 rings (SSSR count). The average molecular weight is 328 g/mol. The van der Waals surface area contributed by atoms with E-state index in [4.69, 9.17) is 0 Å². The van der Waals surface area contributed by atoms with Crippen molar-refractivity contribution in [1.82, 2.24) is 4.57 Å². The van der Waals surface area contributed by atoms with Gasteiger partial charge in [0.05, 0.1) is 18.2 Å². The van der Waals surface area contributed by atoms with E-state index in [2.05, 4.69) is 12.2 Å². The number of carbonyl (C=O) groups is 1. The summed E-state index contributed by atoms with van der Waals surface area (Å²) in [7, 11) is 0. The van der Waals surface area contributed by atoms with Gasteiger partial charge in [-0.25, -0.2) is 0 Å². The topological polar surface area (TPSA) is 71.3 Å². The zero-order chi connectivity index (χ0) is 17.5. The van der Waals surface area contributed by atoms with Crippen molar-refractivity contribution in [2.24, 2.45) is 0 Å². The molecule has 1 aromatic carbocycles. The predicted octanol–water partition coefficient (Wildman–Crippen LogP) is 2.82. The van der Waals surface area contributed by atoms with Crippen molar-refractivity contribution in [3.05, 3.63) is 64.1 Å². The summed E-state index contributed by atoms with van der Waals surface area (Å²) in [5.41, 5.74) is 2.10. The van der Waals surface area contributed by atoms with Gasteiger partial charge in [-0.05, 0) is 43.5 Å². The second-order valence-electron chi connectivity index (χ2n) is 6.01. The third kappa shape index (κ3) is 5.06. The lowest BCUT2D eigenvalue weighted by molar-refractivity contribution is 0.102. The van der Waals surface area contributed by atoms with Crippen LogP contribution in [0.3, 0.4) is 0 Å². The SMILES string of the molecule is CCCCc1ccc(NC(=O)c2ccc(=O)n(CC(C)O)c2)cc1.